The van der Waals surface area contributed by atoms with Gasteiger partial charge in [-0.2, -0.15) is 0 Å². The van der Waals surface area contributed by atoms with Gasteiger partial charge < -0.3 is 0 Å². The Labute approximate surface area is 102 Å². The number of hydrogen-bond donors (Lipinski definition) is 0. The van der Waals surface area contributed by atoms with Crippen molar-refractivity contribution >= 4 is 30.6 Å². The standard InChI is InChI=1S/C8H8Cl2NO4P/c9-6-16(14,15-11(12)13)8(10)7-4-2-1-3-5-7/h1-5,8H,6H2. The van der Waals surface area contributed by atoms with Gasteiger partial charge >= 0.3 is 5.09 Å². The summed E-state index contributed by atoms with van der Waals surface area (Å²) in [6, 6.07) is 8.29. The van der Waals surface area contributed by atoms with Crippen LogP contribution < -0.4 is 0 Å². The maximum Gasteiger partial charge on any atom is 0.301 e. The molecule has 1 aromatic rings. The number of hydrogen-bond acceptors (Lipinski definition) is 4. The lowest BCUT2D eigenvalue weighted by atomic mass is 10.2. The lowest BCUT2D eigenvalue weighted by Gasteiger charge is -2.18. The molecule has 0 spiro atoms. The zero-order valence-electron chi connectivity index (χ0n) is 7.95. The molecule has 0 radical (unpaired) electrons. The van der Waals surface area contributed by atoms with Crippen molar-refractivity contribution in [1.29, 1.82) is 0 Å². The molecule has 16 heavy (non-hydrogen) atoms. The highest BCUT2D eigenvalue weighted by molar-refractivity contribution is 7.62. The smallest absolute Gasteiger partial charge is 0.291 e. The number of halogens is 2. The molecule has 0 N–H and O–H groups in total. The topological polar surface area (TPSA) is 69.4 Å². The molecule has 5 nitrogen and oxygen atoms in total. The highest BCUT2D eigenvalue weighted by Gasteiger charge is 2.36. The molecule has 0 aliphatic carbocycles. The van der Waals surface area contributed by atoms with Crippen LogP contribution >= 0.6 is 30.6 Å². The summed E-state index contributed by atoms with van der Waals surface area (Å²) in [4.78, 5) is 10.2. The van der Waals surface area contributed by atoms with Crippen LogP contribution in [-0.4, -0.2) is 10.7 Å². The highest BCUT2D eigenvalue weighted by atomic mass is 35.5. The van der Waals surface area contributed by atoms with Gasteiger partial charge in [0.1, 0.15) is 10.7 Å². The summed E-state index contributed by atoms with van der Waals surface area (Å²) < 4.78 is 16.1. The van der Waals surface area contributed by atoms with E-state index in [1.54, 1.807) is 30.3 Å². The van der Waals surface area contributed by atoms with E-state index in [2.05, 4.69) is 4.62 Å². The second kappa shape index (κ2) is 5.53. The van der Waals surface area contributed by atoms with Crippen LogP contribution in [0, 0.1) is 10.1 Å². The lowest BCUT2D eigenvalue weighted by Crippen LogP contribution is -2.04. The third kappa shape index (κ3) is 3.11. The minimum atomic E-state index is -3.74. The first-order valence-electron chi connectivity index (χ1n) is 4.17. The normalized spacial score (nSPS) is 16.1. The Morgan fingerprint density at radius 1 is 1.44 bits per heavy atom. The molecule has 8 heteroatoms. The minimum absolute atomic E-state index is 0.468. The average molecular weight is 284 g/mol. The molecule has 1 rings (SSSR count). The molecule has 0 fully saturated rings. The molecule has 0 amide bonds. The second-order valence-corrected chi connectivity index (χ2v) is 6.73. The third-order valence-corrected chi connectivity index (χ3v) is 5.67. The monoisotopic (exact) mass is 283 g/mol. The first-order valence-corrected chi connectivity index (χ1v) is 7.02. The molecule has 0 heterocycles. The van der Waals surface area contributed by atoms with E-state index in [0.717, 1.165) is 0 Å². The predicted molar refractivity (Wildman–Crippen MR) is 61.4 cm³/mol. The van der Waals surface area contributed by atoms with E-state index in [4.69, 9.17) is 23.2 Å². The fraction of sp³-hybridized carbons (Fsp3) is 0.250. The molecular formula is C8H8Cl2NO4P. The first-order chi connectivity index (χ1) is 7.49. The van der Waals surface area contributed by atoms with Crippen LogP contribution in [0.3, 0.4) is 0 Å². The zero-order chi connectivity index (χ0) is 12.2. The Morgan fingerprint density at radius 2 is 2.00 bits per heavy atom. The van der Waals surface area contributed by atoms with Crippen LogP contribution in [0.2, 0.25) is 0 Å². The van der Waals surface area contributed by atoms with Gasteiger partial charge in [-0.1, -0.05) is 30.3 Å². The van der Waals surface area contributed by atoms with Gasteiger partial charge in [-0.05, 0) is 5.56 Å². The summed E-state index contributed by atoms with van der Waals surface area (Å²) in [5.74, 6) is 0. The van der Waals surface area contributed by atoms with Gasteiger partial charge in [0.05, 0.1) is 0 Å². The number of rotatable bonds is 5. The van der Waals surface area contributed by atoms with Gasteiger partial charge in [-0.25, -0.2) is 0 Å². The number of nitrogens with zero attached hydrogens (tertiary/aromatic N) is 1. The Bertz CT molecular complexity index is 414. The Morgan fingerprint density at radius 3 is 2.44 bits per heavy atom. The third-order valence-electron chi connectivity index (χ3n) is 1.79. The Balaban J connectivity index is 2.97. The van der Waals surface area contributed by atoms with Crippen molar-refractivity contribution in [3.05, 3.63) is 46.0 Å². The van der Waals surface area contributed by atoms with Crippen LogP contribution in [0.4, 0.5) is 0 Å². The molecule has 0 aliphatic heterocycles. The molecule has 0 bridgehead atoms. The summed E-state index contributed by atoms with van der Waals surface area (Å²) in [6.07, 6.45) is 0. The maximum absolute atomic E-state index is 12.0. The summed E-state index contributed by atoms with van der Waals surface area (Å²) in [6.45, 7) is 0. The zero-order valence-corrected chi connectivity index (χ0v) is 10.4. The Hall–Kier alpha value is -0.770. The van der Waals surface area contributed by atoms with Gasteiger partial charge in [0.25, 0.3) is 7.37 Å². The van der Waals surface area contributed by atoms with Crippen LogP contribution in [0.5, 0.6) is 0 Å². The summed E-state index contributed by atoms with van der Waals surface area (Å²) in [7, 11) is -3.74. The molecule has 0 aliphatic rings. The SMILES string of the molecule is O=[N+]([O-])OP(=O)(CCl)C(Cl)c1ccccc1. The van der Waals surface area contributed by atoms with E-state index in [1.807, 2.05) is 0 Å². The van der Waals surface area contributed by atoms with Gasteiger partial charge in [0.2, 0.25) is 0 Å². The van der Waals surface area contributed by atoms with Crippen molar-refractivity contribution in [1.82, 2.24) is 0 Å². The number of benzene rings is 1. The van der Waals surface area contributed by atoms with E-state index in [0.29, 0.717) is 5.56 Å². The van der Waals surface area contributed by atoms with Crippen LogP contribution in [0.15, 0.2) is 30.3 Å². The van der Waals surface area contributed by atoms with Crippen LogP contribution in [-0.2, 0) is 9.19 Å². The summed E-state index contributed by atoms with van der Waals surface area (Å²) >= 11 is 11.3. The van der Waals surface area contributed by atoms with Crippen molar-refractivity contribution in [3.63, 3.8) is 0 Å². The van der Waals surface area contributed by atoms with Gasteiger partial charge in [-0.3, -0.25) is 9.19 Å². The maximum atomic E-state index is 12.0. The van der Waals surface area contributed by atoms with E-state index < -0.39 is 23.2 Å². The van der Waals surface area contributed by atoms with Crippen molar-refractivity contribution in [3.8, 4) is 0 Å². The molecule has 88 valence electrons. The molecule has 0 aromatic heterocycles. The Kier molecular flexibility index (Phi) is 4.59. The molecule has 2 atom stereocenters. The second-order valence-electron chi connectivity index (χ2n) is 2.90. The molecule has 0 saturated heterocycles. The van der Waals surface area contributed by atoms with Gasteiger partial charge in [0, 0.05) is 0 Å². The van der Waals surface area contributed by atoms with Crippen LogP contribution in [0.25, 0.3) is 0 Å². The van der Waals surface area contributed by atoms with Crippen molar-refractivity contribution in [2.75, 3.05) is 5.62 Å². The average Bonchev–Trinajstić information content (AvgIpc) is 2.28. The van der Waals surface area contributed by atoms with Crippen molar-refractivity contribution < 1.29 is 14.3 Å². The summed E-state index contributed by atoms with van der Waals surface area (Å²) in [5, 5.41) is 7.94. The highest BCUT2D eigenvalue weighted by Crippen LogP contribution is 2.62. The molecule has 2 unspecified atom stereocenters. The van der Waals surface area contributed by atoms with Crippen molar-refractivity contribution in [2.24, 2.45) is 0 Å². The van der Waals surface area contributed by atoms with Gasteiger partial charge in [0.15, 0.2) is 0 Å². The predicted octanol–water partition coefficient (Wildman–Crippen LogP) is 3.61. The van der Waals surface area contributed by atoms with Crippen LogP contribution in [0.1, 0.15) is 10.7 Å². The largest absolute Gasteiger partial charge is 0.301 e. The summed E-state index contributed by atoms with van der Waals surface area (Å²) in [5.41, 5.74) is -0.0492. The fourth-order valence-electron chi connectivity index (χ4n) is 1.08. The van der Waals surface area contributed by atoms with Gasteiger partial charge in [-0.15, -0.1) is 33.3 Å². The quantitative estimate of drug-likeness (QED) is 0.358. The van der Waals surface area contributed by atoms with E-state index in [-0.39, 0.29) is 0 Å². The molecule has 1 aromatic carbocycles. The van der Waals surface area contributed by atoms with E-state index in [9.17, 15) is 14.7 Å². The molecule has 0 saturated carbocycles. The first kappa shape index (κ1) is 13.3. The van der Waals surface area contributed by atoms with E-state index >= 15 is 0 Å². The fourth-order valence-corrected chi connectivity index (χ4v) is 3.39. The minimum Gasteiger partial charge on any atom is -0.291 e. The lowest BCUT2D eigenvalue weighted by molar-refractivity contribution is -0.713. The number of alkyl halides is 2. The van der Waals surface area contributed by atoms with Crippen molar-refractivity contribution in [2.45, 2.75) is 5.12 Å². The van der Waals surface area contributed by atoms with E-state index in [1.165, 1.54) is 0 Å². The molecular weight excluding hydrogens is 276 g/mol.